The van der Waals surface area contributed by atoms with Crippen molar-refractivity contribution in [1.29, 1.82) is 5.26 Å². The van der Waals surface area contributed by atoms with Crippen LogP contribution >= 0.6 is 23.2 Å². The average Bonchev–Trinajstić information content (AvgIpc) is 2.76. The topological polar surface area (TPSA) is 65.2 Å². The predicted molar refractivity (Wildman–Crippen MR) is 126 cm³/mol. The van der Waals surface area contributed by atoms with Crippen molar-refractivity contribution in [2.24, 2.45) is 13.0 Å². The number of aromatic nitrogens is 2. The fourth-order valence-corrected chi connectivity index (χ4v) is 4.83. The van der Waals surface area contributed by atoms with E-state index in [-0.39, 0.29) is 11.1 Å². The van der Waals surface area contributed by atoms with Crippen molar-refractivity contribution >= 4 is 45.6 Å². The highest BCUT2D eigenvalue weighted by Gasteiger charge is 2.32. The maximum Gasteiger partial charge on any atom is 0.270 e. The fourth-order valence-electron chi connectivity index (χ4n) is 4.56. The van der Waals surface area contributed by atoms with Crippen molar-refractivity contribution in [1.82, 2.24) is 9.55 Å². The van der Waals surface area contributed by atoms with Gasteiger partial charge in [0, 0.05) is 43.9 Å². The van der Waals surface area contributed by atoms with Crippen LogP contribution in [0.15, 0.2) is 41.2 Å². The van der Waals surface area contributed by atoms with Crippen LogP contribution in [-0.2, 0) is 7.05 Å². The number of anilines is 2. The van der Waals surface area contributed by atoms with Crippen molar-refractivity contribution in [2.45, 2.75) is 19.4 Å². The van der Waals surface area contributed by atoms with E-state index >= 15 is 0 Å². The monoisotopic (exact) mass is 455 g/mol. The third kappa shape index (κ3) is 3.84. The Morgan fingerprint density at radius 1 is 1.19 bits per heavy atom. The summed E-state index contributed by atoms with van der Waals surface area (Å²) >= 11 is 12.2. The molecule has 31 heavy (non-hydrogen) atoms. The predicted octanol–water partition coefficient (Wildman–Crippen LogP) is 4.46. The lowest BCUT2D eigenvalue weighted by Crippen LogP contribution is -2.49. The molecule has 2 aromatic heterocycles. The van der Waals surface area contributed by atoms with Gasteiger partial charge in [-0.15, -0.1) is 0 Å². The second kappa shape index (κ2) is 8.41. The van der Waals surface area contributed by atoms with Crippen LogP contribution in [-0.4, -0.2) is 35.7 Å². The zero-order valence-corrected chi connectivity index (χ0v) is 19.2. The molecule has 0 N–H and O–H groups in total. The first-order chi connectivity index (χ1) is 14.8. The number of fused-ring (bicyclic) bond motifs is 1. The lowest BCUT2D eigenvalue weighted by Gasteiger charge is -2.43. The number of nitriles is 1. The molecule has 1 aliphatic heterocycles. The molecule has 4 rings (SSSR count). The molecular weight excluding hydrogens is 433 g/mol. The first-order valence-electron chi connectivity index (χ1n) is 10.1. The molecule has 0 unspecified atom stereocenters. The molecule has 6 nitrogen and oxygen atoms in total. The van der Waals surface area contributed by atoms with Crippen LogP contribution in [0.4, 0.5) is 11.4 Å². The fraction of sp³-hybridized carbons (Fsp3) is 0.348. The minimum Gasteiger partial charge on any atom is -0.371 e. The van der Waals surface area contributed by atoms with Crippen LogP contribution in [0.25, 0.3) is 11.0 Å². The van der Waals surface area contributed by atoms with Gasteiger partial charge in [0.2, 0.25) is 0 Å². The number of benzene rings is 1. The van der Waals surface area contributed by atoms with E-state index in [1.165, 1.54) is 4.57 Å². The molecule has 0 amide bonds. The van der Waals surface area contributed by atoms with Crippen molar-refractivity contribution in [2.75, 3.05) is 29.9 Å². The maximum atomic E-state index is 12.9. The quantitative estimate of drug-likeness (QED) is 0.545. The van der Waals surface area contributed by atoms with Gasteiger partial charge in [0.05, 0.1) is 11.2 Å². The van der Waals surface area contributed by atoms with Gasteiger partial charge >= 0.3 is 0 Å². The molecule has 160 valence electrons. The maximum absolute atomic E-state index is 12.9. The Hall–Kier alpha value is -2.75. The van der Waals surface area contributed by atoms with Gasteiger partial charge in [-0.2, -0.15) is 5.26 Å². The Labute approximate surface area is 191 Å². The van der Waals surface area contributed by atoms with Gasteiger partial charge in [-0.05, 0) is 48.7 Å². The molecule has 3 heterocycles. The van der Waals surface area contributed by atoms with Crippen LogP contribution < -0.4 is 15.4 Å². The summed E-state index contributed by atoms with van der Waals surface area (Å²) in [7, 11) is 3.75. The number of rotatable bonds is 3. The summed E-state index contributed by atoms with van der Waals surface area (Å²) in [5.41, 5.74) is 2.74. The zero-order chi connectivity index (χ0) is 22.3. The standard InChI is InChI=1S/C23H23Cl2N5O/c1-14-13-30(11-10-18(14)28(2)16-6-4-15(24)5-7-16)22-17(12-26)23(31)29(3)19-8-9-20(25)27-21(19)22/h4-9,14,18H,10-11,13H2,1-3H3/t14-,18+/m0/s1. The number of nitrogens with zero attached hydrogens (tertiary/aromatic N) is 5. The molecule has 1 saturated heterocycles. The summed E-state index contributed by atoms with van der Waals surface area (Å²) in [6.07, 6.45) is 0.877. The van der Waals surface area contributed by atoms with Crippen LogP contribution in [0.2, 0.25) is 10.2 Å². The molecule has 1 aliphatic rings. The molecule has 0 radical (unpaired) electrons. The number of aryl methyl sites for hydroxylation is 1. The molecule has 0 bridgehead atoms. The second-order valence-electron chi connectivity index (χ2n) is 8.07. The number of halogens is 2. The van der Waals surface area contributed by atoms with Gasteiger partial charge in [0.25, 0.3) is 5.56 Å². The normalized spacial score (nSPS) is 18.8. The van der Waals surface area contributed by atoms with E-state index in [4.69, 9.17) is 23.2 Å². The van der Waals surface area contributed by atoms with E-state index in [2.05, 4.69) is 34.8 Å². The number of hydrogen-bond donors (Lipinski definition) is 0. The first kappa shape index (κ1) is 21.5. The van der Waals surface area contributed by atoms with E-state index in [9.17, 15) is 10.1 Å². The first-order valence-corrected chi connectivity index (χ1v) is 10.9. The van der Waals surface area contributed by atoms with Crippen LogP contribution in [0.3, 0.4) is 0 Å². The highest BCUT2D eigenvalue weighted by Crippen LogP contribution is 2.34. The van der Waals surface area contributed by atoms with Gasteiger partial charge in [-0.25, -0.2) is 4.98 Å². The third-order valence-electron chi connectivity index (χ3n) is 6.20. The van der Waals surface area contributed by atoms with Crippen LogP contribution in [0.5, 0.6) is 0 Å². The summed E-state index contributed by atoms with van der Waals surface area (Å²) < 4.78 is 1.46. The van der Waals surface area contributed by atoms with E-state index in [1.807, 2.05) is 24.3 Å². The van der Waals surface area contributed by atoms with E-state index in [0.717, 1.165) is 12.1 Å². The van der Waals surface area contributed by atoms with Crippen LogP contribution in [0, 0.1) is 17.2 Å². The molecule has 1 aromatic carbocycles. The third-order valence-corrected chi connectivity index (χ3v) is 6.66. The minimum atomic E-state index is -0.317. The smallest absolute Gasteiger partial charge is 0.270 e. The number of pyridine rings is 2. The van der Waals surface area contributed by atoms with Gasteiger partial charge in [-0.1, -0.05) is 30.1 Å². The Bertz CT molecular complexity index is 1230. The lowest BCUT2D eigenvalue weighted by molar-refractivity contribution is 0.371. The van der Waals surface area contributed by atoms with Crippen molar-refractivity contribution in [3.8, 4) is 6.07 Å². The van der Waals surface area contributed by atoms with Crippen molar-refractivity contribution < 1.29 is 0 Å². The average molecular weight is 456 g/mol. The summed E-state index contributed by atoms with van der Waals surface area (Å²) in [5.74, 6) is 0.291. The molecule has 0 saturated carbocycles. The molecule has 3 aromatic rings. The van der Waals surface area contributed by atoms with Gasteiger partial charge < -0.3 is 14.4 Å². The highest BCUT2D eigenvalue weighted by atomic mass is 35.5. The Morgan fingerprint density at radius 3 is 2.55 bits per heavy atom. The Kier molecular flexibility index (Phi) is 5.83. The van der Waals surface area contributed by atoms with Gasteiger partial charge in [-0.3, -0.25) is 4.79 Å². The molecular formula is C23H23Cl2N5O. The van der Waals surface area contributed by atoms with Gasteiger partial charge in [0.15, 0.2) is 0 Å². The van der Waals surface area contributed by atoms with E-state index in [0.29, 0.717) is 51.9 Å². The minimum absolute atomic E-state index is 0.112. The van der Waals surface area contributed by atoms with Crippen LogP contribution in [0.1, 0.15) is 18.9 Å². The molecule has 0 spiro atoms. The second-order valence-corrected chi connectivity index (χ2v) is 8.89. The largest absolute Gasteiger partial charge is 0.371 e. The Balaban J connectivity index is 1.70. The number of hydrogen-bond acceptors (Lipinski definition) is 5. The summed E-state index contributed by atoms with van der Waals surface area (Å²) in [4.78, 5) is 21.7. The number of piperidine rings is 1. The molecule has 0 aliphatic carbocycles. The summed E-state index contributed by atoms with van der Waals surface area (Å²) in [6.45, 7) is 3.60. The molecule has 8 heteroatoms. The van der Waals surface area contributed by atoms with E-state index in [1.54, 1.807) is 19.2 Å². The van der Waals surface area contributed by atoms with E-state index < -0.39 is 0 Å². The highest BCUT2D eigenvalue weighted by molar-refractivity contribution is 6.30. The SMILES string of the molecule is C[C@H]1CN(c2c(C#N)c(=O)n(C)c3ccc(Cl)nc23)CC[C@H]1N(C)c1ccc(Cl)cc1. The summed E-state index contributed by atoms with van der Waals surface area (Å²) in [5, 5.41) is 10.8. The molecule has 2 atom stereocenters. The summed E-state index contributed by atoms with van der Waals surface area (Å²) in [6, 6.07) is 13.7. The molecule has 1 fully saturated rings. The van der Waals surface area contributed by atoms with Crippen molar-refractivity contribution in [3.63, 3.8) is 0 Å². The van der Waals surface area contributed by atoms with Gasteiger partial charge in [0.1, 0.15) is 22.3 Å². The lowest BCUT2D eigenvalue weighted by atomic mass is 9.91. The van der Waals surface area contributed by atoms with Crippen molar-refractivity contribution in [3.05, 3.63) is 62.5 Å². The Morgan fingerprint density at radius 2 is 1.90 bits per heavy atom. The zero-order valence-electron chi connectivity index (χ0n) is 17.6.